The molecule has 0 atom stereocenters. The lowest BCUT2D eigenvalue weighted by atomic mass is 10.1. The van der Waals surface area contributed by atoms with E-state index in [2.05, 4.69) is 10.3 Å². The van der Waals surface area contributed by atoms with E-state index in [1.54, 1.807) is 6.20 Å². The number of fused-ring (bicyclic) bond motifs is 1. The third-order valence-electron chi connectivity index (χ3n) is 3.27. The zero-order chi connectivity index (χ0) is 14.7. The van der Waals surface area contributed by atoms with Gasteiger partial charge in [-0.1, -0.05) is 24.3 Å². The maximum atomic E-state index is 6.15. The monoisotopic (exact) mass is 279 g/mol. The van der Waals surface area contributed by atoms with Crippen LogP contribution in [0.2, 0.25) is 0 Å². The van der Waals surface area contributed by atoms with Crippen molar-refractivity contribution in [2.75, 3.05) is 17.7 Å². The highest BCUT2D eigenvalue weighted by molar-refractivity contribution is 5.93. The van der Waals surface area contributed by atoms with Crippen molar-refractivity contribution >= 4 is 28.0 Å². The van der Waals surface area contributed by atoms with E-state index in [0.717, 1.165) is 22.3 Å². The smallest absolute Gasteiger partial charge is 0.144 e. The molecule has 3 aromatic rings. The van der Waals surface area contributed by atoms with Gasteiger partial charge < -0.3 is 15.8 Å². The van der Waals surface area contributed by atoms with Gasteiger partial charge in [-0.3, -0.25) is 4.98 Å². The molecule has 3 N–H and O–H groups in total. The van der Waals surface area contributed by atoms with Gasteiger partial charge in [0.25, 0.3) is 0 Å². The molecule has 4 nitrogen and oxygen atoms in total. The zero-order valence-corrected chi connectivity index (χ0v) is 11.8. The summed E-state index contributed by atoms with van der Waals surface area (Å²) in [7, 11) is 0. The first kappa shape index (κ1) is 13.2. The summed E-state index contributed by atoms with van der Waals surface area (Å²) in [5.74, 6) is 0.690. The molecule has 2 aromatic carbocycles. The summed E-state index contributed by atoms with van der Waals surface area (Å²) in [6.45, 7) is 2.53. The first-order valence-corrected chi connectivity index (χ1v) is 6.91. The number of ether oxygens (including phenoxy) is 1. The van der Waals surface area contributed by atoms with E-state index in [1.807, 2.05) is 55.5 Å². The SMILES string of the molecule is CCOc1cccc(Nc2cccc3cccnc23)c1N. The number of benzene rings is 2. The topological polar surface area (TPSA) is 60.2 Å². The molecule has 0 aliphatic carbocycles. The lowest BCUT2D eigenvalue weighted by molar-refractivity contribution is 0.342. The van der Waals surface area contributed by atoms with Crippen LogP contribution in [-0.4, -0.2) is 11.6 Å². The Labute approximate surface area is 123 Å². The number of rotatable bonds is 4. The number of hydrogen-bond donors (Lipinski definition) is 2. The predicted octanol–water partition coefficient (Wildman–Crippen LogP) is 3.96. The molecule has 0 bridgehead atoms. The molecule has 0 amide bonds. The van der Waals surface area contributed by atoms with Crippen LogP contribution in [0.5, 0.6) is 5.75 Å². The minimum atomic E-state index is 0.587. The van der Waals surface area contributed by atoms with Crippen molar-refractivity contribution in [3.8, 4) is 5.75 Å². The number of aromatic nitrogens is 1. The first-order valence-electron chi connectivity index (χ1n) is 6.91. The average molecular weight is 279 g/mol. The lowest BCUT2D eigenvalue weighted by Crippen LogP contribution is -2.01. The van der Waals surface area contributed by atoms with E-state index >= 15 is 0 Å². The highest BCUT2D eigenvalue weighted by atomic mass is 16.5. The Morgan fingerprint density at radius 2 is 1.81 bits per heavy atom. The van der Waals surface area contributed by atoms with Crippen molar-refractivity contribution in [2.24, 2.45) is 0 Å². The molecule has 1 aromatic heterocycles. The number of nitrogens with one attached hydrogen (secondary N) is 1. The van der Waals surface area contributed by atoms with Crippen LogP contribution in [0.15, 0.2) is 54.7 Å². The van der Waals surface area contributed by atoms with Crippen molar-refractivity contribution in [2.45, 2.75) is 6.92 Å². The van der Waals surface area contributed by atoms with E-state index in [1.165, 1.54) is 0 Å². The van der Waals surface area contributed by atoms with E-state index in [4.69, 9.17) is 10.5 Å². The average Bonchev–Trinajstić information content (AvgIpc) is 2.52. The Morgan fingerprint density at radius 3 is 2.67 bits per heavy atom. The maximum absolute atomic E-state index is 6.15. The molecule has 0 saturated heterocycles. The third-order valence-corrected chi connectivity index (χ3v) is 3.27. The number of para-hydroxylation sites is 2. The van der Waals surface area contributed by atoms with Crippen LogP contribution in [0.25, 0.3) is 10.9 Å². The number of anilines is 3. The number of hydrogen-bond acceptors (Lipinski definition) is 4. The fraction of sp³-hybridized carbons (Fsp3) is 0.118. The van der Waals surface area contributed by atoms with Crippen molar-refractivity contribution in [1.29, 1.82) is 0 Å². The molecule has 106 valence electrons. The fourth-order valence-corrected chi connectivity index (χ4v) is 2.28. The standard InChI is InChI=1S/C17H17N3O/c1-2-21-15-10-4-8-13(16(15)18)20-14-9-3-6-12-7-5-11-19-17(12)14/h3-11,20H,2,18H2,1H3. The van der Waals surface area contributed by atoms with Gasteiger partial charge in [-0.25, -0.2) is 0 Å². The zero-order valence-electron chi connectivity index (χ0n) is 11.8. The van der Waals surface area contributed by atoms with Gasteiger partial charge in [0.2, 0.25) is 0 Å². The Kier molecular flexibility index (Phi) is 3.60. The third kappa shape index (κ3) is 2.60. The molecule has 0 aliphatic heterocycles. The Morgan fingerprint density at radius 1 is 1.05 bits per heavy atom. The quantitative estimate of drug-likeness (QED) is 0.710. The first-order chi connectivity index (χ1) is 10.3. The summed E-state index contributed by atoms with van der Waals surface area (Å²) in [4.78, 5) is 4.43. The van der Waals surface area contributed by atoms with Gasteiger partial charge in [-0.15, -0.1) is 0 Å². The van der Waals surface area contributed by atoms with Crippen molar-refractivity contribution in [3.63, 3.8) is 0 Å². The summed E-state index contributed by atoms with van der Waals surface area (Å²) in [6, 6.07) is 15.7. The molecule has 0 spiro atoms. The Bertz CT molecular complexity index is 766. The number of pyridine rings is 1. The van der Waals surface area contributed by atoms with Crippen LogP contribution < -0.4 is 15.8 Å². The second-order valence-corrected chi connectivity index (χ2v) is 4.66. The minimum Gasteiger partial charge on any atom is -0.492 e. The van der Waals surface area contributed by atoms with Crippen LogP contribution in [-0.2, 0) is 0 Å². The van der Waals surface area contributed by atoms with E-state index in [9.17, 15) is 0 Å². The van der Waals surface area contributed by atoms with Gasteiger partial charge in [0.1, 0.15) is 5.75 Å². The molecule has 3 rings (SSSR count). The van der Waals surface area contributed by atoms with Crippen LogP contribution in [0.3, 0.4) is 0 Å². The van der Waals surface area contributed by atoms with Gasteiger partial charge in [-0.05, 0) is 31.2 Å². The summed E-state index contributed by atoms with van der Waals surface area (Å²) in [5.41, 5.74) is 9.42. The highest BCUT2D eigenvalue weighted by Crippen LogP contribution is 2.33. The number of nitrogens with two attached hydrogens (primary N) is 1. The van der Waals surface area contributed by atoms with Gasteiger partial charge in [-0.2, -0.15) is 0 Å². The van der Waals surface area contributed by atoms with Crippen LogP contribution in [0, 0.1) is 0 Å². The molecule has 0 unspecified atom stereocenters. The molecule has 0 radical (unpaired) electrons. The lowest BCUT2D eigenvalue weighted by Gasteiger charge is -2.14. The fourth-order valence-electron chi connectivity index (χ4n) is 2.28. The van der Waals surface area contributed by atoms with Gasteiger partial charge in [0.05, 0.1) is 29.2 Å². The summed E-state index contributed by atoms with van der Waals surface area (Å²) in [6.07, 6.45) is 1.79. The summed E-state index contributed by atoms with van der Waals surface area (Å²) in [5, 5.41) is 4.43. The highest BCUT2D eigenvalue weighted by Gasteiger charge is 2.08. The maximum Gasteiger partial charge on any atom is 0.144 e. The summed E-state index contributed by atoms with van der Waals surface area (Å²) < 4.78 is 5.52. The van der Waals surface area contributed by atoms with Gasteiger partial charge in [0.15, 0.2) is 0 Å². The van der Waals surface area contributed by atoms with Crippen molar-refractivity contribution < 1.29 is 4.74 Å². The number of nitrogens with zero attached hydrogens (tertiary/aromatic N) is 1. The Balaban J connectivity index is 2.01. The molecule has 0 saturated carbocycles. The molecule has 4 heteroatoms. The van der Waals surface area contributed by atoms with Gasteiger partial charge >= 0.3 is 0 Å². The van der Waals surface area contributed by atoms with Crippen LogP contribution in [0.1, 0.15) is 6.92 Å². The second-order valence-electron chi connectivity index (χ2n) is 4.66. The second kappa shape index (κ2) is 5.71. The normalized spacial score (nSPS) is 10.5. The predicted molar refractivity (Wildman–Crippen MR) is 87.0 cm³/mol. The van der Waals surface area contributed by atoms with Gasteiger partial charge in [0, 0.05) is 11.6 Å². The van der Waals surface area contributed by atoms with Crippen LogP contribution in [0.4, 0.5) is 17.1 Å². The van der Waals surface area contributed by atoms with Crippen molar-refractivity contribution in [1.82, 2.24) is 4.98 Å². The molecular weight excluding hydrogens is 262 g/mol. The molecule has 0 fully saturated rings. The minimum absolute atomic E-state index is 0.587. The Hall–Kier alpha value is -2.75. The van der Waals surface area contributed by atoms with E-state index in [-0.39, 0.29) is 0 Å². The molecule has 21 heavy (non-hydrogen) atoms. The summed E-state index contributed by atoms with van der Waals surface area (Å²) >= 11 is 0. The van der Waals surface area contributed by atoms with Crippen molar-refractivity contribution in [3.05, 3.63) is 54.7 Å². The number of nitrogen functional groups attached to an aromatic ring is 1. The molecular formula is C17H17N3O. The van der Waals surface area contributed by atoms with Crippen LogP contribution >= 0.6 is 0 Å². The van der Waals surface area contributed by atoms with E-state index in [0.29, 0.717) is 18.0 Å². The van der Waals surface area contributed by atoms with E-state index < -0.39 is 0 Å². The molecule has 1 heterocycles. The largest absolute Gasteiger partial charge is 0.492 e. The molecule has 0 aliphatic rings.